The van der Waals surface area contributed by atoms with Crippen LogP contribution in [0, 0.1) is 0 Å². The predicted molar refractivity (Wildman–Crippen MR) is 183 cm³/mol. The molecule has 4 aromatic carbocycles. The van der Waals surface area contributed by atoms with Crippen molar-refractivity contribution in [2.24, 2.45) is 0 Å². The molecule has 0 spiro atoms. The van der Waals surface area contributed by atoms with Crippen LogP contribution >= 0.6 is 0 Å². The van der Waals surface area contributed by atoms with E-state index in [0.29, 0.717) is 25.9 Å². The van der Waals surface area contributed by atoms with E-state index in [4.69, 9.17) is 0 Å². The molecule has 8 nitrogen and oxygen atoms in total. The van der Waals surface area contributed by atoms with E-state index in [-0.39, 0.29) is 11.8 Å². The van der Waals surface area contributed by atoms with Gasteiger partial charge in [-0.1, -0.05) is 49.2 Å². The zero-order chi connectivity index (χ0) is 30.7. The van der Waals surface area contributed by atoms with Gasteiger partial charge in [0.05, 0.1) is 0 Å². The topological polar surface area (TPSA) is 106 Å². The zero-order valence-corrected chi connectivity index (χ0v) is 25.3. The second kappa shape index (κ2) is 18.8. The number of hydrogen-bond acceptors (Lipinski definition) is 6. The van der Waals surface area contributed by atoms with Gasteiger partial charge in [-0.15, -0.1) is 0 Å². The minimum absolute atomic E-state index is 0.00932. The Morgan fingerprint density at radius 1 is 0.386 bits per heavy atom. The average molecular weight is 593 g/mol. The second-order valence-electron chi connectivity index (χ2n) is 10.6. The van der Waals surface area contributed by atoms with Crippen molar-refractivity contribution in [1.29, 1.82) is 0 Å². The summed E-state index contributed by atoms with van der Waals surface area (Å²) in [6, 6.07) is 35.4. The molecule has 0 radical (unpaired) electrons. The molecule has 0 aliphatic heterocycles. The Hall–Kier alpha value is -4.66. The fourth-order valence-corrected chi connectivity index (χ4v) is 4.60. The monoisotopic (exact) mass is 592 g/mol. The van der Waals surface area contributed by atoms with E-state index >= 15 is 0 Å². The Labute approximate surface area is 261 Å². The van der Waals surface area contributed by atoms with Crippen molar-refractivity contribution in [1.82, 2.24) is 10.6 Å². The quantitative estimate of drug-likeness (QED) is 0.0640. The van der Waals surface area contributed by atoms with Gasteiger partial charge < -0.3 is 31.9 Å². The van der Waals surface area contributed by atoms with Crippen LogP contribution in [0.3, 0.4) is 0 Å². The maximum atomic E-state index is 12.2. The molecular formula is C36H44N6O2. The van der Waals surface area contributed by atoms with Gasteiger partial charge in [-0.25, -0.2) is 0 Å². The molecule has 2 amide bonds. The molecule has 0 fully saturated rings. The van der Waals surface area contributed by atoms with Gasteiger partial charge >= 0.3 is 0 Å². The molecule has 6 N–H and O–H groups in total. The van der Waals surface area contributed by atoms with Gasteiger partial charge in [0.1, 0.15) is 0 Å². The van der Waals surface area contributed by atoms with E-state index in [9.17, 15) is 9.59 Å². The first kappa shape index (κ1) is 32.3. The van der Waals surface area contributed by atoms with Crippen LogP contribution < -0.4 is 31.9 Å². The average Bonchev–Trinajstić information content (AvgIpc) is 3.04. The lowest BCUT2D eigenvalue weighted by molar-refractivity contribution is -0.116. The molecule has 0 atom stereocenters. The summed E-state index contributed by atoms with van der Waals surface area (Å²) in [6.07, 6.45) is 5.33. The Bertz CT molecular complexity index is 1270. The van der Waals surface area contributed by atoms with Crippen molar-refractivity contribution in [2.45, 2.75) is 38.5 Å². The Morgan fingerprint density at radius 2 is 0.727 bits per heavy atom. The molecule has 4 rings (SSSR count). The van der Waals surface area contributed by atoms with Crippen molar-refractivity contribution in [3.63, 3.8) is 0 Å². The fraction of sp³-hybridized carbons (Fsp3) is 0.278. The number of hydrogen-bond donors (Lipinski definition) is 6. The van der Waals surface area contributed by atoms with Crippen LogP contribution in [0.1, 0.15) is 38.5 Å². The minimum atomic E-state index is 0.00932. The van der Waals surface area contributed by atoms with E-state index in [1.807, 2.05) is 109 Å². The summed E-state index contributed by atoms with van der Waals surface area (Å²) in [5, 5.41) is 19.3. The SMILES string of the molecule is O=C(CCNCCCCCCNCCC(=O)Nc1ccc(Nc2ccccc2)cc1)Nc1ccc(Nc2ccccc2)cc1. The van der Waals surface area contributed by atoms with Gasteiger partial charge in [0, 0.05) is 60.1 Å². The molecule has 0 heterocycles. The smallest absolute Gasteiger partial charge is 0.225 e. The third-order valence-corrected chi connectivity index (χ3v) is 6.98. The van der Waals surface area contributed by atoms with Gasteiger partial charge in [0.25, 0.3) is 0 Å². The normalized spacial score (nSPS) is 10.6. The Balaban J connectivity index is 0.939. The van der Waals surface area contributed by atoms with Gasteiger partial charge in [-0.3, -0.25) is 9.59 Å². The number of nitrogens with one attached hydrogen (secondary N) is 6. The highest BCUT2D eigenvalue weighted by Crippen LogP contribution is 2.20. The minimum Gasteiger partial charge on any atom is -0.356 e. The summed E-state index contributed by atoms with van der Waals surface area (Å²) in [5.41, 5.74) is 5.60. The van der Waals surface area contributed by atoms with Crippen molar-refractivity contribution in [3.05, 3.63) is 109 Å². The molecule has 0 saturated heterocycles. The largest absolute Gasteiger partial charge is 0.356 e. The molecule has 0 aromatic heterocycles. The highest BCUT2D eigenvalue weighted by molar-refractivity contribution is 5.91. The number of para-hydroxylation sites is 2. The summed E-state index contributed by atoms with van der Waals surface area (Å²) < 4.78 is 0. The van der Waals surface area contributed by atoms with Crippen LogP contribution in [0.15, 0.2) is 109 Å². The molecule has 0 bridgehead atoms. The highest BCUT2D eigenvalue weighted by atomic mass is 16.2. The molecule has 0 aliphatic carbocycles. The first-order valence-electron chi connectivity index (χ1n) is 15.5. The third kappa shape index (κ3) is 12.7. The number of benzene rings is 4. The molecule has 8 heteroatoms. The molecule has 44 heavy (non-hydrogen) atoms. The van der Waals surface area contributed by atoms with Gasteiger partial charge in [0.2, 0.25) is 11.8 Å². The van der Waals surface area contributed by atoms with E-state index in [2.05, 4.69) is 31.9 Å². The first-order valence-corrected chi connectivity index (χ1v) is 15.5. The first-order chi connectivity index (χ1) is 21.6. The number of rotatable bonds is 19. The van der Waals surface area contributed by atoms with Gasteiger partial charge in [0.15, 0.2) is 0 Å². The van der Waals surface area contributed by atoms with Crippen LogP contribution in [0.4, 0.5) is 34.1 Å². The van der Waals surface area contributed by atoms with Crippen LogP contribution in [0.25, 0.3) is 0 Å². The maximum Gasteiger partial charge on any atom is 0.225 e. The van der Waals surface area contributed by atoms with Gasteiger partial charge in [-0.05, 0) is 98.7 Å². The van der Waals surface area contributed by atoms with E-state index in [0.717, 1.165) is 72.9 Å². The molecule has 0 saturated carbocycles. The summed E-state index contributed by atoms with van der Waals surface area (Å²) >= 11 is 0. The lowest BCUT2D eigenvalue weighted by Gasteiger charge is -2.09. The number of carbonyl (C=O) groups is 2. The summed E-state index contributed by atoms with van der Waals surface area (Å²) in [5.74, 6) is 0.0186. The maximum absolute atomic E-state index is 12.2. The standard InChI is InChI=1S/C36H44N6O2/c43-35(41-33-19-15-31(16-20-33)39-29-11-5-3-6-12-29)23-27-37-25-9-1-2-10-26-38-28-24-36(44)42-34-21-17-32(18-22-34)40-30-13-7-4-8-14-30/h3-8,11-22,37-40H,1-2,9-10,23-28H2,(H,41,43)(H,42,44). The van der Waals surface area contributed by atoms with Gasteiger partial charge in [-0.2, -0.15) is 0 Å². The van der Waals surface area contributed by atoms with Crippen LogP contribution in [0.2, 0.25) is 0 Å². The van der Waals surface area contributed by atoms with Crippen molar-refractivity contribution in [3.8, 4) is 0 Å². The summed E-state index contributed by atoms with van der Waals surface area (Å²) in [4.78, 5) is 24.5. The zero-order valence-electron chi connectivity index (χ0n) is 25.3. The van der Waals surface area contributed by atoms with Crippen molar-refractivity contribution in [2.75, 3.05) is 47.4 Å². The number of anilines is 6. The van der Waals surface area contributed by atoms with Crippen LogP contribution in [-0.4, -0.2) is 38.0 Å². The lowest BCUT2D eigenvalue weighted by atomic mass is 10.2. The molecule has 4 aromatic rings. The molecule has 230 valence electrons. The molecule has 0 unspecified atom stereocenters. The van der Waals surface area contributed by atoms with Crippen molar-refractivity contribution < 1.29 is 9.59 Å². The van der Waals surface area contributed by atoms with E-state index in [1.54, 1.807) is 0 Å². The highest BCUT2D eigenvalue weighted by Gasteiger charge is 2.04. The second-order valence-corrected chi connectivity index (χ2v) is 10.6. The molecular weight excluding hydrogens is 548 g/mol. The predicted octanol–water partition coefficient (Wildman–Crippen LogP) is 7.27. The number of amides is 2. The van der Waals surface area contributed by atoms with E-state index in [1.165, 1.54) is 0 Å². The Kier molecular flexibility index (Phi) is 13.8. The van der Waals surface area contributed by atoms with Crippen molar-refractivity contribution >= 4 is 45.9 Å². The third-order valence-electron chi connectivity index (χ3n) is 6.98. The summed E-state index contributed by atoms with van der Waals surface area (Å²) in [6.45, 7) is 3.14. The lowest BCUT2D eigenvalue weighted by Crippen LogP contribution is -2.23. The molecule has 0 aliphatic rings. The fourth-order valence-electron chi connectivity index (χ4n) is 4.60. The van der Waals surface area contributed by atoms with E-state index < -0.39 is 0 Å². The number of unbranched alkanes of at least 4 members (excludes halogenated alkanes) is 3. The summed E-state index contributed by atoms with van der Waals surface area (Å²) in [7, 11) is 0. The van der Waals surface area contributed by atoms with Crippen LogP contribution in [0.5, 0.6) is 0 Å². The Morgan fingerprint density at radius 3 is 1.11 bits per heavy atom. The number of carbonyl (C=O) groups excluding carboxylic acids is 2. The van der Waals surface area contributed by atoms with Crippen LogP contribution in [-0.2, 0) is 9.59 Å².